The first kappa shape index (κ1) is 9.99. The van der Waals surface area contributed by atoms with E-state index in [2.05, 4.69) is 10.3 Å². The van der Waals surface area contributed by atoms with E-state index in [4.69, 9.17) is 11.6 Å². The molecule has 0 spiro atoms. The zero-order chi connectivity index (χ0) is 9.68. The molecule has 1 aromatic rings. The number of nitrogens with zero attached hydrogens (tertiary/aromatic N) is 1. The third-order valence-corrected chi connectivity index (χ3v) is 1.93. The van der Waals surface area contributed by atoms with Crippen molar-refractivity contribution in [3.8, 4) is 0 Å². The molecular weight excluding hydrogens is 188 g/mol. The van der Waals surface area contributed by atoms with Gasteiger partial charge in [-0.15, -0.1) is 11.6 Å². The number of nitrogens with one attached hydrogen (secondary N) is 1. The van der Waals surface area contributed by atoms with Crippen molar-refractivity contribution in [2.75, 3.05) is 6.54 Å². The van der Waals surface area contributed by atoms with Crippen LogP contribution in [0.25, 0.3) is 0 Å². The van der Waals surface area contributed by atoms with Crippen LogP contribution in [0.4, 0.5) is 0 Å². The maximum absolute atomic E-state index is 11.4. The number of aromatic nitrogens is 1. The van der Waals surface area contributed by atoms with Crippen molar-refractivity contribution < 1.29 is 4.79 Å². The van der Waals surface area contributed by atoms with Crippen LogP contribution >= 0.6 is 11.6 Å². The molecule has 4 heteroatoms. The average Bonchev–Trinajstić information content (AvgIpc) is 2.18. The summed E-state index contributed by atoms with van der Waals surface area (Å²) in [5.74, 6) is 0.209. The molecule has 0 aliphatic heterocycles. The van der Waals surface area contributed by atoms with Crippen LogP contribution in [0.2, 0.25) is 0 Å². The first-order valence-corrected chi connectivity index (χ1v) is 4.60. The first-order valence-electron chi connectivity index (χ1n) is 4.06. The second kappa shape index (κ2) is 4.82. The highest BCUT2D eigenvalue weighted by atomic mass is 35.5. The maximum Gasteiger partial charge on any atom is 0.253 e. The largest absolute Gasteiger partial charge is 0.352 e. The van der Waals surface area contributed by atoms with E-state index in [-0.39, 0.29) is 5.91 Å². The van der Waals surface area contributed by atoms with Gasteiger partial charge in [0.15, 0.2) is 0 Å². The number of alkyl halides is 1. The molecule has 1 rings (SSSR count). The topological polar surface area (TPSA) is 42.0 Å². The summed E-state index contributed by atoms with van der Waals surface area (Å²) in [5.41, 5.74) is 1.36. The normalized spacial score (nSPS) is 9.69. The third-order valence-electron chi connectivity index (χ3n) is 1.64. The minimum atomic E-state index is -0.119. The SMILES string of the molecule is CCNC(=O)c1cnccc1CCl. The molecule has 0 saturated heterocycles. The lowest BCUT2D eigenvalue weighted by molar-refractivity contribution is 0.0955. The van der Waals surface area contributed by atoms with Crippen LogP contribution in [0.3, 0.4) is 0 Å². The van der Waals surface area contributed by atoms with Gasteiger partial charge in [0.05, 0.1) is 5.56 Å². The van der Waals surface area contributed by atoms with Crippen LogP contribution in [0.1, 0.15) is 22.8 Å². The van der Waals surface area contributed by atoms with Crippen molar-refractivity contribution in [1.29, 1.82) is 0 Å². The molecule has 0 radical (unpaired) electrons. The molecule has 0 saturated carbocycles. The summed E-state index contributed by atoms with van der Waals surface area (Å²) in [6, 6.07) is 1.75. The van der Waals surface area contributed by atoms with E-state index >= 15 is 0 Å². The van der Waals surface area contributed by atoms with Gasteiger partial charge in [-0.3, -0.25) is 9.78 Å². The summed E-state index contributed by atoms with van der Waals surface area (Å²) in [7, 11) is 0. The second-order valence-electron chi connectivity index (χ2n) is 2.53. The molecule has 0 aliphatic carbocycles. The van der Waals surface area contributed by atoms with Crippen LogP contribution < -0.4 is 5.32 Å². The van der Waals surface area contributed by atoms with E-state index in [0.29, 0.717) is 18.0 Å². The number of hydrogen-bond donors (Lipinski definition) is 1. The summed E-state index contributed by atoms with van der Waals surface area (Å²) < 4.78 is 0. The highest BCUT2D eigenvalue weighted by molar-refractivity contribution is 6.17. The first-order chi connectivity index (χ1) is 6.29. The van der Waals surface area contributed by atoms with Crippen LogP contribution in [-0.4, -0.2) is 17.4 Å². The van der Waals surface area contributed by atoms with Crippen LogP contribution in [0.5, 0.6) is 0 Å². The van der Waals surface area contributed by atoms with Crippen molar-refractivity contribution in [1.82, 2.24) is 10.3 Å². The van der Waals surface area contributed by atoms with Gasteiger partial charge >= 0.3 is 0 Å². The monoisotopic (exact) mass is 198 g/mol. The molecule has 0 atom stereocenters. The lowest BCUT2D eigenvalue weighted by Crippen LogP contribution is -2.23. The molecule has 0 aromatic carbocycles. The van der Waals surface area contributed by atoms with Gasteiger partial charge in [0.2, 0.25) is 0 Å². The lowest BCUT2D eigenvalue weighted by Gasteiger charge is -2.05. The predicted octanol–water partition coefficient (Wildman–Crippen LogP) is 1.57. The standard InChI is InChI=1S/C9H11ClN2O/c1-2-12-9(13)8-6-11-4-3-7(8)5-10/h3-4,6H,2,5H2,1H3,(H,12,13). The highest BCUT2D eigenvalue weighted by Gasteiger charge is 2.08. The minimum absolute atomic E-state index is 0.119. The summed E-state index contributed by atoms with van der Waals surface area (Å²) in [6.07, 6.45) is 3.16. The molecule has 0 unspecified atom stereocenters. The lowest BCUT2D eigenvalue weighted by atomic mass is 10.1. The molecule has 0 aliphatic rings. The molecule has 70 valence electrons. The minimum Gasteiger partial charge on any atom is -0.352 e. The van der Waals surface area contributed by atoms with E-state index in [1.54, 1.807) is 12.3 Å². The summed E-state index contributed by atoms with van der Waals surface area (Å²) in [6.45, 7) is 2.48. The number of carbonyl (C=O) groups is 1. The molecule has 1 N–H and O–H groups in total. The number of rotatable bonds is 3. The van der Waals surface area contributed by atoms with Crippen molar-refractivity contribution >= 4 is 17.5 Å². The van der Waals surface area contributed by atoms with E-state index in [1.165, 1.54) is 6.20 Å². The molecule has 3 nitrogen and oxygen atoms in total. The molecule has 0 bridgehead atoms. The summed E-state index contributed by atoms with van der Waals surface area (Å²) in [5, 5.41) is 2.70. The Morgan fingerprint density at radius 1 is 1.69 bits per heavy atom. The Balaban J connectivity index is 2.92. The quantitative estimate of drug-likeness (QED) is 0.750. The highest BCUT2D eigenvalue weighted by Crippen LogP contribution is 2.09. The van der Waals surface area contributed by atoms with Gasteiger partial charge in [0.1, 0.15) is 0 Å². The number of hydrogen-bond acceptors (Lipinski definition) is 2. The number of pyridine rings is 1. The van der Waals surface area contributed by atoms with Gasteiger partial charge in [0.25, 0.3) is 5.91 Å². The molecule has 1 amide bonds. The Bertz CT molecular complexity index is 301. The molecular formula is C9H11ClN2O. The average molecular weight is 199 g/mol. The van der Waals surface area contributed by atoms with Crippen LogP contribution in [0.15, 0.2) is 18.5 Å². The fourth-order valence-electron chi connectivity index (χ4n) is 1.00. The molecule has 1 aromatic heterocycles. The Hall–Kier alpha value is -1.09. The van der Waals surface area contributed by atoms with E-state index < -0.39 is 0 Å². The van der Waals surface area contributed by atoms with E-state index in [0.717, 1.165) is 5.56 Å². The van der Waals surface area contributed by atoms with Crippen molar-refractivity contribution in [2.24, 2.45) is 0 Å². The number of halogens is 1. The van der Waals surface area contributed by atoms with Gasteiger partial charge in [-0.2, -0.15) is 0 Å². The van der Waals surface area contributed by atoms with Crippen LogP contribution in [-0.2, 0) is 5.88 Å². The zero-order valence-electron chi connectivity index (χ0n) is 7.38. The Morgan fingerprint density at radius 2 is 2.46 bits per heavy atom. The summed E-state index contributed by atoms with van der Waals surface area (Å²) >= 11 is 5.67. The van der Waals surface area contributed by atoms with Gasteiger partial charge in [-0.05, 0) is 18.6 Å². The Morgan fingerprint density at radius 3 is 3.08 bits per heavy atom. The van der Waals surface area contributed by atoms with Gasteiger partial charge < -0.3 is 5.32 Å². The van der Waals surface area contributed by atoms with Crippen molar-refractivity contribution in [2.45, 2.75) is 12.8 Å². The van der Waals surface area contributed by atoms with E-state index in [1.807, 2.05) is 6.92 Å². The van der Waals surface area contributed by atoms with Gasteiger partial charge in [0, 0.05) is 24.8 Å². The number of carbonyl (C=O) groups excluding carboxylic acids is 1. The van der Waals surface area contributed by atoms with Crippen molar-refractivity contribution in [3.63, 3.8) is 0 Å². The molecule has 0 fully saturated rings. The third kappa shape index (κ3) is 2.42. The maximum atomic E-state index is 11.4. The predicted molar refractivity (Wildman–Crippen MR) is 51.8 cm³/mol. The Labute approximate surface area is 82.1 Å². The zero-order valence-corrected chi connectivity index (χ0v) is 8.14. The smallest absolute Gasteiger partial charge is 0.253 e. The van der Waals surface area contributed by atoms with Gasteiger partial charge in [-0.1, -0.05) is 0 Å². The van der Waals surface area contributed by atoms with E-state index in [9.17, 15) is 4.79 Å². The molecule has 1 heterocycles. The van der Waals surface area contributed by atoms with Crippen molar-refractivity contribution in [3.05, 3.63) is 29.6 Å². The second-order valence-corrected chi connectivity index (χ2v) is 2.79. The fourth-order valence-corrected chi connectivity index (χ4v) is 1.23. The number of amides is 1. The molecule has 13 heavy (non-hydrogen) atoms. The van der Waals surface area contributed by atoms with Gasteiger partial charge in [-0.25, -0.2) is 0 Å². The Kier molecular flexibility index (Phi) is 3.71. The fraction of sp³-hybridized carbons (Fsp3) is 0.333. The summed E-state index contributed by atoms with van der Waals surface area (Å²) in [4.78, 5) is 15.3. The van der Waals surface area contributed by atoms with Crippen LogP contribution in [0, 0.1) is 0 Å².